The minimum atomic E-state index is -0.549. The van der Waals surface area contributed by atoms with Crippen molar-refractivity contribution in [2.45, 2.75) is 19.9 Å². The molecule has 6 nitrogen and oxygen atoms in total. The van der Waals surface area contributed by atoms with E-state index in [0.717, 1.165) is 11.4 Å². The Hall–Kier alpha value is -1.85. The van der Waals surface area contributed by atoms with E-state index in [9.17, 15) is 4.79 Å². The van der Waals surface area contributed by atoms with Crippen molar-refractivity contribution in [2.24, 2.45) is 15.0 Å². The zero-order chi connectivity index (χ0) is 10.3. The molecule has 0 fully saturated rings. The number of amidine groups is 2. The van der Waals surface area contributed by atoms with Crippen LogP contribution < -0.4 is 5.32 Å². The predicted molar refractivity (Wildman–Crippen MR) is 53.7 cm³/mol. The summed E-state index contributed by atoms with van der Waals surface area (Å²) in [6.07, 6.45) is 0. The molecule has 2 heterocycles. The number of carbonyl (C=O) groups excluding carboxylic acids is 1. The van der Waals surface area contributed by atoms with Crippen LogP contribution in [0.2, 0.25) is 0 Å². The van der Waals surface area contributed by atoms with E-state index < -0.39 is 12.1 Å². The van der Waals surface area contributed by atoms with Gasteiger partial charge in [0.05, 0.1) is 11.4 Å². The summed E-state index contributed by atoms with van der Waals surface area (Å²) in [7, 11) is 0. The number of fused-ring (bicyclic) bond motifs is 1. The number of amides is 2. The Morgan fingerprint density at radius 1 is 1.29 bits per heavy atom. The highest BCUT2D eigenvalue weighted by molar-refractivity contribution is 6.45. The molecule has 0 bridgehead atoms. The van der Waals surface area contributed by atoms with Gasteiger partial charge in [0.15, 0.2) is 11.9 Å². The van der Waals surface area contributed by atoms with Gasteiger partial charge < -0.3 is 0 Å². The molecule has 6 heteroatoms. The number of aliphatic imine (C=N–C) groups is 3. The van der Waals surface area contributed by atoms with Gasteiger partial charge in [0.2, 0.25) is 0 Å². The minimum Gasteiger partial charge on any atom is -0.292 e. The molecule has 0 aromatic rings. The van der Waals surface area contributed by atoms with Crippen LogP contribution in [0.5, 0.6) is 0 Å². The lowest BCUT2D eigenvalue weighted by atomic mass is 10.1. The van der Waals surface area contributed by atoms with Crippen LogP contribution in [0, 0.1) is 5.41 Å². The maximum absolute atomic E-state index is 11.0. The van der Waals surface area contributed by atoms with Gasteiger partial charge in [-0.1, -0.05) is 0 Å². The SMILES string of the molecule is CC1=NC2=NC(=O)NC(=N)C2N=C1C. The summed E-state index contributed by atoms with van der Waals surface area (Å²) in [5.41, 5.74) is 1.51. The average Bonchev–Trinajstić information content (AvgIpc) is 2.08. The molecule has 0 aromatic heterocycles. The summed E-state index contributed by atoms with van der Waals surface area (Å²) in [6, 6.07) is -1.08. The second-order valence-corrected chi connectivity index (χ2v) is 3.13. The fourth-order valence-electron chi connectivity index (χ4n) is 1.25. The van der Waals surface area contributed by atoms with Gasteiger partial charge in [-0.2, -0.15) is 4.99 Å². The number of urea groups is 1. The van der Waals surface area contributed by atoms with Crippen molar-refractivity contribution in [3.8, 4) is 0 Å². The third-order valence-corrected chi connectivity index (χ3v) is 2.10. The summed E-state index contributed by atoms with van der Waals surface area (Å²) in [5, 5.41) is 9.81. The van der Waals surface area contributed by atoms with E-state index in [1.807, 2.05) is 6.92 Å². The molecule has 2 aliphatic heterocycles. The molecule has 0 aliphatic carbocycles. The van der Waals surface area contributed by atoms with Crippen LogP contribution >= 0.6 is 0 Å². The number of rotatable bonds is 0. The maximum Gasteiger partial charge on any atom is 0.348 e. The first-order valence-electron chi connectivity index (χ1n) is 4.16. The molecule has 72 valence electrons. The van der Waals surface area contributed by atoms with Gasteiger partial charge in [-0.25, -0.2) is 9.79 Å². The van der Waals surface area contributed by atoms with Gasteiger partial charge in [0.1, 0.15) is 5.84 Å². The van der Waals surface area contributed by atoms with Gasteiger partial charge in [-0.15, -0.1) is 0 Å². The second kappa shape index (κ2) is 2.83. The Labute approximate surface area is 80.4 Å². The van der Waals surface area contributed by atoms with Crippen molar-refractivity contribution in [3.63, 3.8) is 0 Å². The Morgan fingerprint density at radius 2 is 2.00 bits per heavy atom. The van der Waals surface area contributed by atoms with Gasteiger partial charge >= 0.3 is 6.03 Å². The number of hydrogen-bond acceptors (Lipinski definition) is 4. The molecule has 1 atom stereocenters. The smallest absolute Gasteiger partial charge is 0.292 e. The summed E-state index contributed by atoms with van der Waals surface area (Å²) in [4.78, 5) is 23.0. The van der Waals surface area contributed by atoms with Crippen LogP contribution in [0.3, 0.4) is 0 Å². The topological polar surface area (TPSA) is 90.0 Å². The molecule has 0 saturated carbocycles. The fraction of sp³-hybridized carbons (Fsp3) is 0.375. The van der Waals surface area contributed by atoms with Crippen LogP contribution in [0.1, 0.15) is 13.8 Å². The van der Waals surface area contributed by atoms with Crippen molar-refractivity contribution in [2.75, 3.05) is 0 Å². The molecule has 0 saturated heterocycles. The monoisotopic (exact) mass is 191 g/mol. The molecule has 0 aromatic carbocycles. The van der Waals surface area contributed by atoms with E-state index in [1.54, 1.807) is 6.92 Å². The van der Waals surface area contributed by atoms with Crippen LogP contribution in [0.15, 0.2) is 15.0 Å². The maximum atomic E-state index is 11.0. The largest absolute Gasteiger partial charge is 0.348 e. The van der Waals surface area contributed by atoms with Crippen molar-refractivity contribution in [1.29, 1.82) is 5.41 Å². The Morgan fingerprint density at radius 3 is 2.71 bits per heavy atom. The van der Waals surface area contributed by atoms with E-state index >= 15 is 0 Å². The van der Waals surface area contributed by atoms with Crippen molar-refractivity contribution in [1.82, 2.24) is 5.32 Å². The van der Waals surface area contributed by atoms with Gasteiger partial charge in [-0.3, -0.25) is 15.7 Å². The zero-order valence-electron chi connectivity index (χ0n) is 7.83. The highest BCUT2D eigenvalue weighted by Gasteiger charge is 2.30. The summed E-state index contributed by atoms with van der Waals surface area (Å²) < 4.78 is 0. The molecule has 1 unspecified atom stereocenters. The predicted octanol–water partition coefficient (Wildman–Crippen LogP) is 0.389. The molecule has 2 aliphatic rings. The summed E-state index contributed by atoms with van der Waals surface area (Å²) in [5.74, 6) is 0.345. The van der Waals surface area contributed by atoms with E-state index in [0.29, 0.717) is 5.84 Å². The normalized spacial score (nSPS) is 25.9. The molecular weight excluding hydrogens is 182 g/mol. The Balaban J connectivity index is 2.48. The van der Waals surface area contributed by atoms with E-state index in [2.05, 4.69) is 20.3 Å². The number of nitrogens with one attached hydrogen (secondary N) is 2. The van der Waals surface area contributed by atoms with E-state index in [-0.39, 0.29) is 5.84 Å². The lowest BCUT2D eigenvalue weighted by Gasteiger charge is -2.22. The molecule has 2 amide bonds. The fourth-order valence-corrected chi connectivity index (χ4v) is 1.25. The molecule has 0 radical (unpaired) electrons. The summed E-state index contributed by atoms with van der Waals surface area (Å²) >= 11 is 0. The van der Waals surface area contributed by atoms with E-state index in [4.69, 9.17) is 5.41 Å². The lowest BCUT2D eigenvalue weighted by Crippen LogP contribution is -2.47. The van der Waals surface area contributed by atoms with Crippen LogP contribution in [-0.2, 0) is 0 Å². The van der Waals surface area contributed by atoms with Crippen molar-refractivity contribution < 1.29 is 4.79 Å². The van der Waals surface area contributed by atoms with Crippen LogP contribution in [0.4, 0.5) is 4.79 Å². The first-order valence-corrected chi connectivity index (χ1v) is 4.16. The molecule has 2 N–H and O–H groups in total. The zero-order valence-corrected chi connectivity index (χ0v) is 7.83. The Kier molecular flexibility index (Phi) is 1.77. The number of nitrogens with zero attached hydrogens (tertiary/aromatic N) is 3. The molecule has 0 spiro atoms. The van der Waals surface area contributed by atoms with Crippen molar-refractivity contribution in [3.05, 3.63) is 0 Å². The van der Waals surface area contributed by atoms with Crippen LogP contribution in [-0.4, -0.2) is 35.2 Å². The van der Waals surface area contributed by atoms with Crippen LogP contribution in [0.25, 0.3) is 0 Å². The number of carbonyl (C=O) groups is 1. The standard InChI is InChI=1S/C8H9N5O/c1-3-4(2)11-7-5(10-3)6(9)12-8(14)13-7/h5H,1-2H3,(H2,9,12,14). The van der Waals surface area contributed by atoms with Gasteiger partial charge in [0.25, 0.3) is 0 Å². The molecular formula is C8H9N5O. The quantitative estimate of drug-likeness (QED) is 0.569. The average molecular weight is 191 g/mol. The van der Waals surface area contributed by atoms with Gasteiger partial charge in [0, 0.05) is 0 Å². The first-order chi connectivity index (χ1) is 6.58. The number of hydrogen-bond donors (Lipinski definition) is 2. The Bertz CT molecular complexity index is 417. The minimum absolute atomic E-state index is 0.0376. The first kappa shape index (κ1) is 8.74. The molecule has 2 rings (SSSR count). The highest BCUT2D eigenvalue weighted by Crippen LogP contribution is 2.10. The molecule has 14 heavy (non-hydrogen) atoms. The second-order valence-electron chi connectivity index (χ2n) is 3.13. The van der Waals surface area contributed by atoms with Gasteiger partial charge in [-0.05, 0) is 13.8 Å². The lowest BCUT2D eigenvalue weighted by molar-refractivity contribution is 0.252. The third-order valence-electron chi connectivity index (χ3n) is 2.10. The summed E-state index contributed by atoms with van der Waals surface area (Å²) in [6.45, 7) is 3.62. The third kappa shape index (κ3) is 1.24. The highest BCUT2D eigenvalue weighted by atomic mass is 16.2. The van der Waals surface area contributed by atoms with Crippen molar-refractivity contribution >= 4 is 29.1 Å². The van der Waals surface area contributed by atoms with E-state index in [1.165, 1.54) is 0 Å².